The Morgan fingerprint density at radius 1 is 1.32 bits per heavy atom. The van der Waals surface area contributed by atoms with Crippen LogP contribution >= 0.6 is 12.4 Å². The molecule has 0 N–H and O–H groups in total. The second kappa shape index (κ2) is 7.95. The van der Waals surface area contributed by atoms with E-state index in [2.05, 4.69) is 15.0 Å². The maximum Gasteiger partial charge on any atom is 0.251 e. The van der Waals surface area contributed by atoms with Crippen LogP contribution in [-0.4, -0.2) is 57.9 Å². The maximum absolute atomic E-state index is 13.2. The first-order chi connectivity index (χ1) is 11.3. The van der Waals surface area contributed by atoms with E-state index in [-0.39, 0.29) is 56.1 Å². The largest absolute Gasteiger partial charge is 0.342 e. The number of nitrogens with zero attached hydrogens (tertiary/aromatic N) is 4. The lowest BCUT2D eigenvalue weighted by Crippen LogP contribution is -2.45. The van der Waals surface area contributed by atoms with E-state index >= 15 is 0 Å². The molecule has 1 unspecified atom stereocenters. The van der Waals surface area contributed by atoms with E-state index in [9.17, 15) is 13.6 Å². The highest BCUT2D eigenvalue weighted by molar-refractivity contribution is 5.85. The molecule has 3 heterocycles. The van der Waals surface area contributed by atoms with Crippen molar-refractivity contribution in [2.75, 3.05) is 26.2 Å². The van der Waals surface area contributed by atoms with Crippen molar-refractivity contribution in [2.45, 2.75) is 51.5 Å². The minimum absolute atomic E-state index is 0. The van der Waals surface area contributed by atoms with Gasteiger partial charge in [0, 0.05) is 38.4 Å². The predicted octanol–water partition coefficient (Wildman–Crippen LogP) is 2.69. The molecular formula is C16H25ClF2N4O2. The average Bonchev–Trinajstić information content (AvgIpc) is 3.16. The molecule has 1 aromatic rings. The zero-order valence-electron chi connectivity index (χ0n) is 14.6. The molecule has 6 nitrogen and oxygen atoms in total. The number of hydrogen-bond acceptors (Lipinski definition) is 5. The number of hydrogen-bond donors (Lipinski definition) is 0. The van der Waals surface area contributed by atoms with Gasteiger partial charge in [-0.25, -0.2) is 8.78 Å². The number of amides is 1. The number of carbonyl (C=O) groups excluding carboxylic acids is 1. The Balaban J connectivity index is 0.00000225. The first-order valence-corrected chi connectivity index (χ1v) is 8.55. The molecule has 2 saturated heterocycles. The van der Waals surface area contributed by atoms with Gasteiger partial charge in [0.2, 0.25) is 11.8 Å². The van der Waals surface area contributed by atoms with Crippen LogP contribution in [0.1, 0.15) is 50.7 Å². The van der Waals surface area contributed by atoms with Gasteiger partial charge in [0.05, 0.1) is 12.5 Å². The second-order valence-electron chi connectivity index (χ2n) is 7.10. The van der Waals surface area contributed by atoms with Crippen molar-refractivity contribution in [3.8, 4) is 0 Å². The first kappa shape index (κ1) is 20.0. The van der Waals surface area contributed by atoms with Gasteiger partial charge in [0.1, 0.15) is 0 Å². The van der Waals surface area contributed by atoms with Crippen LogP contribution in [0.15, 0.2) is 4.52 Å². The van der Waals surface area contributed by atoms with E-state index in [1.165, 1.54) is 0 Å². The van der Waals surface area contributed by atoms with Crippen LogP contribution < -0.4 is 0 Å². The monoisotopic (exact) mass is 378 g/mol. The van der Waals surface area contributed by atoms with Crippen LogP contribution in [0.3, 0.4) is 0 Å². The van der Waals surface area contributed by atoms with Crippen molar-refractivity contribution in [1.82, 2.24) is 19.9 Å². The fourth-order valence-electron chi connectivity index (χ4n) is 3.25. The second-order valence-corrected chi connectivity index (χ2v) is 7.10. The summed E-state index contributed by atoms with van der Waals surface area (Å²) in [5.74, 6) is -1.28. The first-order valence-electron chi connectivity index (χ1n) is 8.55. The number of carbonyl (C=O) groups is 1. The van der Waals surface area contributed by atoms with Gasteiger partial charge in [0.15, 0.2) is 5.82 Å². The van der Waals surface area contributed by atoms with Crippen molar-refractivity contribution >= 4 is 18.3 Å². The predicted molar refractivity (Wildman–Crippen MR) is 89.8 cm³/mol. The quantitative estimate of drug-likeness (QED) is 0.806. The Bertz CT molecular complexity index is 586. The number of piperidine rings is 1. The van der Waals surface area contributed by atoms with Crippen LogP contribution in [-0.2, 0) is 11.3 Å². The standard InChI is InChI=1S/C16H24F2N4O2.ClH/c1-11(2)14-19-13(24-20-14)10-21-6-3-12(9-21)15(23)22-7-4-16(17,18)5-8-22;/h11-12H,3-10H2,1-2H3;1H. The Hall–Kier alpha value is -1.28. The van der Waals surface area contributed by atoms with Crippen LogP contribution in [0.25, 0.3) is 0 Å². The third-order valence-electron chi connectivity index (χ3n) is 4.79. The highest BCUT2D eigenvalue weighted by Crippen LogP contribution is 2.29. The van der Waals surface area contributed by atoms with E-state index in [1.54, 1.807) is 4.90 Å². The SMILES string of the molecule is CC(C)c1noc(CN2CCC(C(=O)N3CCC(F)(F)CC3)C2)n1.Cl. The molecule has 25 heavy (non-hydrogen) atoms. The molecule has 1 amide bonds. The molecule has 0 bridgehead atoms. The molecule has 9 heteroatoms. The summed E-state index contributed by atoms with van der Waals surface area (Å²) in [6.07, 6.45) is 0.293. The van der Waals surface area contributed by atoms with Crippen molar-refractivity contribution in [3.05, 3.63) is 11.7 Å². The van der Waals surface area contributed by atoms with E-state index in [0.717, 1.165) is 13.0 Å². The van der Waals surface area contributed by atoms with Crippen LogP contribution in [0.5, 0.6) is 0 Å². The molecule has 0 spiro atoms. The van der Waals surface area contributed by atoms with Gasteiger partial charge < -0.3 is 9.42 Å². The molecule has 2 fully saturated rings. The molecule has 0 radical (unpaired) electrons. The van der Waals surface area contributed by atoms with Crippen molar-refractivity contribution in [1.29, 1.82) is 0 Å². The average molecular weight is 379 g/mol. The molecule has 0 aromatic carbocycles. The summed E-state index contributed by atoms with van der Waals surface area (Å²) in [6.45, 7) is 6.24. The van der Waals surface area contributed by atoms with E-state index in [0.29, 0.717) is 24.8 Å². The van der Waals surface area contributed by atoms with Crippen LogP contribution in [0, 0.1) is 5.92 Å². The molecular weight excluding hydrogens is 354 g/mol. The minimum atomic E-state index is -2.62. The van der Waals surface area contributed by atoms with E-state index in [4.69, 9.17) is 4.52 Å². The van der Waals surface area contributed by atoms with Gasteiger partial charge >= 0.3 is 0 Å². The Labute approximate surface area is 152 Å². The van der Waals surface area contributed by atoms with Crippen LogP contribution in [0.4, 0.5) is 8.78 Å². The molecule has 142 valence electrons. The fraction of sp³-hybridized carbons (Fsp3) is 0.812. The summed E-state index contributed by atoms with van der Waals surface area (Å²) in [5.41, 5.74) is 0. The van der Waals surface area contributed by atoms with Gasteiger partial charge in [-0.2, -0.15) is 4.98 Å². The zero-order chi connectivity index (χ0) is 17.3. The highest BCUT2D eigenvalue weighted by atomic mass is 35.5. The summed E-state index contributed by atoms with van der Waals surface area (Å²) in [4.78, 5) is 20.6. The van der Waals surface area contributed by atoms with Gasteiger partial charge in [-0.3, -0.25) is 9.69 Å². The lowest BCUT2D eigenvalue weighted by Gasteiger charge is -2.33. The molecule has 1 atom stereocenters. The maximum atomic E-state index is 13.2. The lowest BCUT2D eigenvalue weighted by molar-refractivity contribution is -0.141. The van der Waals surface area contributed by atoms with Crippen molar-refractivity contribution < 1.29 is 18.1 Å². The van der Waals surface area contributed by atoms with Gasteiger partial charge in [-0.1, -0.05) is 19.0 Å². The fourth-order valence-corrected chi connectivity index (χ4v) is 3.25. The number of rotatable bonds is 4. The zero-order valence-corrected chi connectivity index (χ0v) is 15.4. The molecule has 2 aliphatic rings. The summed E-state index contributed by atoms with van der Waals surface area (Å²) < 4.78 is 31.7. The summed E-state index contributed by atoms with van der Waals surface area (Å²) in [7, 11) is 0. The third kappa shape index (κ3) is 4.88. The van der Waals surface area contributed by atoms with Crippen LogP contribution in [0.2, 0.25) is 0 Å². The normalized spacial score (nSPS) is 23.7. The van der Waals surface area contributed by atoms with Crippen molar-refractivity contribution in [2.24, 2.45) is 5.92 Å². The van der Waals surface area contributed by atoms with Gasteiger partial charge in [0.25, 0.3) is 5.92 Å². The molecule has 1 aromatic heterocycles. The smallest absolute Gasteiger partial charge is 0.251 e. The van der Waals surface area contributed by atoms with Gasteiger partial charge in [-0.15, -0.1) is 12.4 Å². The minimum Gasteiger partial charge on any atom is -0.342 e. The summed E-state index contributed by atoms with van der Waals surface area (Å²) in [6, 6.07) is 0. The number of likely N-dealkylation sites (tertiary alicyclic amines) is 2. The Morgan fingerprint density at radius 2 is 2.00 bits per heavy atom. The number of halogens is 3. The Morgan fingerprint density at radius 3 is 2.60 bits per heavy atom. The third-order valence-corrected chi connectivity index (χ3v) is 4.79. The summed E-state index contributed by atoms with van der Waals surface area (Å²) in [5, 5.41) is 3.94. The number of alkyl halides is 2. The van der Waals surface area contributed by atoms with Crippen molar-refractivity contribution in [3.63, 3.8) is 0 Å². The topological polar surface area (TPSA) is 62.5 Å². The molecule has 2 aliphatic heterocycles. The lowest BCUT2D eigenvalue weighted by atomic mass is 10.0. The van der Waals surface area contributed by atoms with Gasteiger partial charge in [-0.05, 0) is 13.0 Å². The van der Waals surface area contributed by atoms with E-state index in [1.807, 2.05) is 13.8 Å². The molecule has 0 saturated carbocycles. The Kier molecular flexibility index (Phi) is 6.37. The number of aromatic nitrogens is 2. The highest BCUT2D eigenvalue weighted by Gasteiger charge is 2.38. The molecule has 3 rings (SSSR count). The van der Waals surface area contributed by atoms with E-state index < -0.39 is 5.92 Å². The molecule has 0 aliphatic carbocycles. The summed E-state index contributed by atoms with van der Waals surface area (Å²) >= 11 is 0.